The van der Waals surface area contributed by atoms with Gasteiger partial charge in [0.1, 0.15) is 6.29 Å². The largest absolute Gasteiger partial charge is 0.302 e. The molecule has 1 aliphatic rings. The second-order valence-corrected chi connectivity index (χ2v) is 4.69. The maximum Gasteiger partial charge on any atom is 0.131 e. The van der Waals surface area contributed by atoms with E-state index in [1.807, 2.05) is 36.4 Å². The molecule has 3 rings (SSSR count). The zero-order valence-corrected chi connectivity index (χ0v) is 9.54. The number of benzene rings is 2. The van der Waals surface area contributed by atoms with Gasteiger partial charge in [-0.25, -0.2) is 0 Å². The van der Waals surface area contributed by atoms with Crippen LogP contribution in [0.2, 0.25) is 0 Å². The Bertz CT molecular complexity index is 518. The van der Waals surface area contributed by atoms with E-state index in [-0.39, 0.29) is 5.41 Å². The van der Waals surface area contributed by atoms with Crippen LogP contribution in [0, 0.1) is 0 Å². The number of hydrogen-bond acceptors (Lipinski definition) is 1. The highest BCUT2D eigenvalue weighted by molar-refractivity contribution is 5.77. The molecule has 0 saturated heterocycles. The third-order valence-electron chi connectivity index (χ3n) is 3.73. The first-order valence-corrected chi connectivity index (χ1v) is 5.93. The molecule has 1 aliphatic carbocycles. The molecular formula is C16H14O. The van der Waals surface area contributed by atoms with Crippen LogP contribution in [0.4, 0.5) is 0 Å². The van der Waals surface area contributed by atoms with Crippen LogP contribution in [0.3, 0.4) is 0 Å². The van der Waals surface area contributed by atoms with E-state index < -0.39 is 0 Å². The Morgan fingerprint density at radius 2 is 1.53 bits per heavy atom. The van der Waals surface area contributed by atoms with E-state index in [9.17, 15) is 4.79 Å². The minimum Gasteiger partial charge on any atom is -0.302 e. The van der Waals surface area contributed by atoms with Crippen molar-refractivity contribution in [3.8, 4) is 0 Å². The highest BCUT2D eigenvalue weighted by Crippen LogP contribution is 2.58. The Morgan fingerprint density at radius 3 is 2.12 bits per heavy atom. The first-order valence-electron chi connectivity index (χ1n) is 5.93. The molecule has 0 unspecified atom stereocenters. The molecule has 1 fully saturated rings. The molecule has 2 aromatic carbocycles. The van der Waals surface area contributed by atoms with Crippen LogP contribution >= 0.6 is 0 Å². The highest BCUT2D eigenvalue weighted by Gasteiger charge is 2.55. The Morgan fingerprint density at radius 1 is 0.941 bits per heavy atom. The molecule has 0 radical (unpaired) electrons. The van der Waals surface area contributed by atoms with Crippen molar-refractivity contribution >= 4 is 6.29 Å². The van der Waals surface area contributed by atoms with Crippen LogP contribution in [0.25, 0.3) is 0 Å². The summed E-state index contributed by atoms with van der Waals surface area (Å²) < 4.78 is 0. The van der Waals surface area contributed by atoms with Crippen LogP contribution in [0.1, 0.15) is 23.5 Å². The van der Waals surface area contributed by atoms with Gasteiger partial charge in [0.15, 0.2) is 0 Å². The number of carbonyl (C=O) groups is 1. The third kappa shape index (κ3) is 1.59. The molecule has 0 N–H and O–H groups in total. The van der Waals surface area contributed by atoms with Crippen molar-refractivity contribution in [3.05, 3.63) is 71.8 Å². The first kappa shape index (κ1) is 10.3. The number of hydrogen-bond donors (Lipinski definition) is 0. The minimum absolute atomic E-state index is 0.275. The van der Waals surface area contributed by atoms with E-state index >= 15 is 0 Å². The third-order valence-corrected chi connectivity index (χ3v) is 3.73. The Hall–Kier alpha value is -1.89. The average molecular weight is 222 g/mol. The fourth-order valence-electron chi connectivity index (χ4n) is 2.65. The van der Waals surface area contributed by atoms with Gasteiger partial charge in [-0.1, -0.05) is 60.7 Å². The lowest BCUT2D eigenvalue weighted by Gasteiger charge is -2.10. The summed E-state index contributed by atoms with van der Waals surface area (Å²) in [5.41, 5.74) is 2.13. The van der Waals surface area contributed by atoms with Crippen molar-refractivity contribution in [1.82, 2.24) is 0 Å². The van der Waals surface area contributed by atoms with E-state index in [2.05, 4.69) is 24.3 Å². The summed E-state index contributed by atoms with van der Waals surface area (Å²) in [4.78, 5) is 11.5. The quantitative estimate of drug-likeness (QED) is 0.728. The van der Waals surface area contributed by atoms with Crippen LogP contribution in [0.5, 0.6) is 0 Å². The minimum atomic E-state index is -0.275. The monoisotopic (exact) mass is 222 g/mol. The standard InChI is InChI=1S/C16H14O/c17-12-16(14-9-5-2-6-10-14)11-15(16)13-7-3-1-4-8-13/h1-10,12,15H,11H2/t15-,16-/m0/s1. The lowest BCUT2D eigenvalue weighted by atomic mass is 9.92. The highest BCUT2D eigenvalue weighted by atomic mass is 16.1. The molecule has 0 aliphatic heterocycles. The molecule has 1 nitrogen and oxygen atoms in total. The molecule has 0 aromatic heterocycles. The molecule has 17 heavy (non-hydrogen) atoms. The summed E-state index contributed by atoms with van der Waals surface area (Å²) in [5, 5.41) is 0. The molecule has 0 spiro atoms. The molecule has 0 heterocycles. The molecular weight excluding hydrogens is 208 g/mol. The topological polar surface area (TPSA) is 17.1 Å². The summed E-state index contributed by atoms with van der Waals surface area (Å²) in [6, 6.07) is 20.4. The second kappa shape index (κ2) is 3.85. The first-order chi connectivity index (χ1) is 8.37. The van der Waals surface area contributed by atoms with Crippen molar-refractivity contribution in [1.29, 1.82) is 0 Å². The average Bonchev–Trinajstić information content (AvgIpc) is 3.17. The smallest absolute Gasteiger partial charge is 0.131 e. The number of carbonyl (C=O) groups excluding carboxylic acids is 1. The lowest BCUT2D eigenvalue weighted by molar-refractivity contribution is -0.110. The van der Waals surface area contributed by atoms with E-state index in [0.29, 0.717) is 5.92 Å². The normalized spacial score (nSPS) is 26.5. The van der Waals surface area contributed by atoms with Gasteiger partial charge in [-0.3, -0.25) is 0 Å². The molecule has 0 bridgehead atoms. The molecule has 2 aromatic rings. The summed E-state index contributed by atoms with van der Waals surface area (Å²) >= 11 is 0. The predicted octanol–water partition coefficient (Wildman–Crippen LogP) is 3.31. The fourth-order valence-corrected chi connectivity index (χ4v) is 2.65. The van der Waals surface area contributed by atoms with Gasteiger partial charge in [0.2, 0.25) is 0 Å². The van der Waals surface area contributed by atoms with Crippen LogP contribution in [-0.2, 0) is 10.2 Å². The van der Waals surface area contributed by atoms with Crippen molar-refractivity contribution < 1.29 is 4.79 Å². The van der Waals surface area contributed by atoms with Gasteiger partial charge in [-0.2, -0.15) is 0 Å². The SMILES string of the molecule is O=C[C@]1(c2ccccc2)C[C@H]1c1ccccc1. The van der Waals surface area contributed by atoms with E-state index in [4.69, 9.17) is 0 Å². The van der Waals surface area contributed by atoms with Crippen LogP contribution in [-0.4, -0.2) is 6.29 Å². The summed E-state index contributed by atoms with van der Waals surface area (Å²) in [7, 11) is 0. The Balaban J connectivity index is 1.97. The van der Waals surface area contributed by atoms with Crippen LogP contribution < -0.4 is 0 Å². The van der Waals surface area contributed by atoms with Gasteiger partial charge in [0, 0.05) is 5.92 Å². The van der Waals surface area contributed by atoms with E-state index in [0.717, 1.165) is 18.3 Å². The molecule has 1 heteroatoms. The van der Waals surface area contributed by atoms with Crippen molar-refractivity contribution in [2.45, 2.75) is 17.8 Å². The van der Waals surface area contributed by atoms with Crippen molar-refractivity contribution in [2.75, 3.05) is 0 Å². The molecule has 84 valence electrons. The zero-order valence-electron chi connectivity index (χ0n) is 9.54. The van der Waals surface area contributed by atoms with Gasteiger partial charge in [-0.15, -0.1) is 0 Å². The van der Waals surface area contributed by atoms with Crippen LogP contribution in [0.15, 0.2) is 60.7 Å². The summed E-state index contributed by atoms with van der Waals surface area (Å²) in [6.07, 6.45) is 2.06. The van der Waals surface area contributed by atoms with Gasteiger partial charge >= 0.3 is 0 Å². The Kier molecular flexibility index (Phi) is 2.32. The lowest BCUT2D eigenvalue weighted by Crippen LogP contribution is -2.10. The van der Waals surface area contributed by atoms with Gasteiger partial charge in [-0.05, 0) is 17.5 Å². The van der Waals surface area contributed by atoms with Gasteiger partial charge in [0.25, 0.3) is 0 Å². The van der Waals surface area contributed by atoms with E-state index in [1.165, 1.54) is 5.56 Å². The zero-order chi connectivity index (χ0) is 11.7. The maximum absolute atomic E-state index is 11.5. The van der Waals surface area contributed by atoms with Crippen molar-refractivity contribution in [2.24, 2.45) is 0 Å². The molecule has 2 atom stereocenters. The number of aldehydes is 1. The second-order valence-electron chi connectivity index (χ2n) is 4.69. The predicted molar refractivity (Wildman–Crippen MR) is 68.0 cm³/mol. The Labute approximate surface area is 101 Å². The summed E-state index contributed by atoms with van der Waals surface area (Å²) in [5.74, 6) is 0.351. The number of rotatable bonds is 3. The molecule has 0 amide bonds. The van der Waals surface area contributed by atoms with E-state index in [1.54, 1.807) is 0 Å². The fraction of sp³-hybridized carbons (Fsp3) is 0.188. The maximum atomic E-state index is 11.5. The molecule has 1 saturated carbocycles. The van der Waals surface area contributed by atoms with Gasteiger partial charge in [0.05, 0.1) is 5.41 Å². The van der Waals surface area contributed by atoms with Crippen molar-refractivity contribution in [3.63, 3.8) is 0 Å². The summed E-state index contributed by atoms with van der Waals surface area (Å²) in [6.45, 7) is 0. The van der Waals surface area contributed by atoms with Gasteiger partial charge < -0.3 is 4.79 Å².